The molecule has 1 aromatic heterocycles. The molecule has 0 bridgehead atoms. The van der Waals surface area contributed by atoms with Crippen LogP contribution in [0.25, 0.3) is 0 Å². The second-order valence-corrected chi connectivity index (χ2v) is 4.15. The molecule has 2 rings (SSSR count). The van der Waals surface area contributed by atoms with Gasteiger partial charge in [-0.2, -0.15) is 0 Å². The first kappa shape index (κ1) is 10.9. The van der Waals surface area contributed by atoms with Crippen molar-refractivity contribution in [1.29, 1.82) is 0 Å². The van der Waals surface area contributed by atoms with Crippen molar-refractivity contribution in [1.82, 2.24) is 4.98 Å². The number of nitrogens with zero attached hydrogens (tertiary/aromatic N) is 1. The molecule has 0 aliphatic rings. The molecule has 3 nitrogen and oxygen atoms in total. The number of nitrogens with two attached hydrogens (primary N) is 1. The topological polar surface area (TPSA) is 50.9 Å². The molecule has 3 N–H and O–H groups in total. The highest BCUT2D eigenvalue weighted by Gasteiger charge is 2.04. The van der Waals surface area contributed by atoms with Gasteiger partial charge < -0.3 is 11.1 Å². The Bertz CT molecular complexity index is 499. The van der Waals surface area contributed by atoms with Crippen molar-refractivity contribution >= 4 is 33.1 Å². The average molecular weight is 282 g/mol. The standard InChI is InChI=1S/C11H9BrFN3/c12-7-5-10(13)11(15-6-7)16-9-3-1-8(14)2-4-9/h1-6H,14H2,(H,15,16). The van der Waals surface area contributed by atoms with Crippen LogP contribution in [0.5, 0.6) is 0 Å². The van der Waals surface area contributed by atoms with E-state index in [0.717, 1.165) is 5.69 Å². The van der Waals surface area contributed by atoms with E-state index in [1.54, 1.807) is 24.3 Å². The molecule has 0 amide bonds. The van der Waals surface area contributed by atoms with Crippen molar-refractivity contribution in [3.8, 4) is 0 Å². The first-order valence-corrected chi connectivity index (χ1v) is 5.38. The summed E-state index contributed by atoms with van der Waals surface area (Å²) in [6.07, 6.45) is 1.53. The fourth-order valence-electron chi connectivity index (χ4n) is 1.21. The number of rotatable bonds is 2. The molecule has 0 spiro atoms. The number of benzene rings is 1. The van der Waals surface area contributed by atoms with Gasteiger partial charge in [-0.3, -0.25) is 0 Å². The molecule has 0 aliphatic carbocycles. The van der Waals surface area contributed by atoms with Crippen molar-refractivity contribution in [3.05, 3.63) is 46.8 Å². The zero-order valence-corrected chi connectivity index (χ0v) is 9.83. The minimum atomic E-state index is -0.411. The quantitative estimate of drug-likeness (QED) is 0.831. The largest absolute Gasteiger partial charge is 0.399 e. The number of pyridine rings is 1. The van der Waals surface area contributed by atoms with Crippen LogP contribution in [0.4, 0.5) is 21.6 Å². The number of nitrogens with one attached hydrogen (secondary N) is 1. The Morgan fingerprint density at radius 2 is 1.94 bits per heavy atom. The van der Waals surface area contributed by atoms with Crippen LogP contribution in [0, 0.1) is 5.82 Å². The van der Waals surface area contributed by atoms with Crippen LogP contribution in [0.2, 0.25) is 0 Å². The molecule has 0 atom stereocenters. The molecule has 0 saturated carbocycles. The van der Waals surface area contributed by atoms with Crippen LogP contribution in [-0.2, 0) is 0 Å². The van der Waals surface area contributed by atoms with Gasteiger partial charge in [0.05, 0.1) is 0 Å². The van der Waals surface area contributed by atoms with Crippen LogP contribution in [0.15, 0.2) is 41.0 Å². The monoisotopic (exact) mass is 281 g/mol. The van der Waals surface area contributed by atoms with E-state index in [1.165, 1.54) is 12.3 Å². The van der Waals surface area contributed by atoms with Crippen LogP contribution in [0.3, 0.4) is 0 Å². The molecule has 0 radical (unpaired) electrons. The van der Waals surface area contributed by atoms with Crippen LogP contribution in [0.1, 0.15) is 0 Å². The van der Waals surface area contributed by atoms with Crippen molar-refractivity contribution in [2.75, 3.05) is 11.1 Å². The third kappa shape index (κ3) is 2.49. The molecule has 0 unspecified atom stereocenters. The van der Waals surface area contributed by atoms with Crippen molar-refractivity contribution in [3.63, 3.8) is 0 Å². The van der Waals surface area contributed by atoms with E-state index in [1.807, 2.05) is 0 Å². The van der Waals surface area contributed by atoms with Crippen molar-refractivity contribution in [2.24, 2.45) is 0 Å². The summed E-state index contributed by atoms with van der Waals surface area (Å²) in [5.41, 5.74) is 6.95. The summed E-state index contributed by atoms with van der Waals surface area (Å²) in [6, 6.07) is 8.35. The average Bonchev–Trinajstić information content (AvgIpc) is 2.25. The number of anilines is 3. The highest BCUT2D eigenvalue weighted by molar-refractivity contribution is 9.10. The van der Waals surface area contributed by atoms with E-state index in [2.05, 4.69) is 26.2 Å². The first-order chi connectivity index (χ1) is 7.65. The lowest BCUT2D eigenvalue weighted by atomic mass is 10.3. The van der Waals surface area contributed by atoms with Gasteiger partial charge >= 0.3 is 0 Å². The van der Waals surface area contributed by atoms with E-state index in [0.29, 0.717) is 10.2 Å². The number of hydrogen-bond acceptors (Lipinski definition) is 3. The first-order valence-electron chi connectivity index (χ1n) is 4.59. The van der Waals surface area contributed by atoms with Gasteiger partial charge in [0.1, 0.15) is 0 Å². The zero-order valence-electron chi connectivity index (χ0n) is 8.24. The number of aromatic nitrogens is 1. The Balaban J connectivity index is 2.23. The summed E-state index contributed by atoms with van der Waals surface area (Å²) < 4.78 is 14.0. The minimum Gasteiger partial charge on any atom is -0.399 e. The molecule has 0 aliphatic heterocycles. The minimum absolute atomic E-state index is 0.188. The molecular formula is C11H9BrFN3. The number of hydrogen-bond donors (Lipinski definition) is 2. The molecule has 0 fully saturated rings. The predicted molar refractivity (Wildman–Crippen MR) is 66.0 cm³/mol. The maximum atomic E-state index is 13.4. The summed E-state index contributed by atoms with van der Waals surface area (Å²) in [4.78, 5) is 3.93. The number of halogens is 2. The SMILES string of the molecule is Nc1ccc(Nc2ncc(Br)cc2F)cc1. The molecule has 0 saturated heterocycles. The third-order valence-electron chi connectivity index (χ3n) is 1.98. The van der Waals surface area contributed by atoms with Crippen LogP contribution >= 0.6 is 15.9 Å². The lowest BCUT2D eigenvalue weighted by molar-refractivity contribution is 0.625. The predicted octanol–water partition coefficient (Wildman–Crippen LogP) is 3.31. The fourth-order valence-corrected chi connectivity index (χ4v) is 1.51. The molecule has 2 aromatic rings. The van der Waals surface area contributed by atoms with Crippen molar-refractivity contribution < 1.29 is 4.39 Å². The van der Waals surface area contributed by atoms with Crippen LogP contribution in [-0.4, -0.2) is 4.98 Å². The van der Waals surface area contributed by atoms with Gasteiger partial charge in [0.15, 0.2) is 11.6 Å². The summed E-state index contributed by atoms with van der Waals surface area (Å²) in [5, 5.41) is 2.86. The fraction of sp³-hybridized carbons (Fsp3) is 0. The maximum absolute atomic E-state index is 13.4. The summed E-state index contributed by atoms with van der Waals surface area (Å²) in [7, 11) is 0. The Morgan fingerprint density at radius 1 is 1.25 bits per heavy atom. The third-order valence-corrected chi connectivity index (χ3v) is 2.41. The van der Waals surface area contributed by atoms with E-state index in [-0.39, 0.29) is 5.82 Å². The van der Waals surface area contributed by atoms with Gasteiger partial charge in [0.2, 0.25) is 0 Å². The van der Waals surface area contributed by atoms with Crippen molar-refractivity contribution in [2.45, 2.75) is 0 Å². The molecular weight excluding hydrogens is 273 g/mol. The summed E-state index contributed by atoms with van der Waals surface area (Å²) >= 11 is 3.14. The van der Waals surface area contributed by atoms with Gasteiger partial charge in [-0.1, -0.05) is 0 Å². The van der Waals surface area contributed by atoms with Gasteiger partial charge in [0, 0.05) is 22.0 Å². The highest BCUT2D eigenvalue weighted by Crippen LogP contribution is 2.20. The van der Waals surface area contributed by atoms with E-state index >= 15 is 0 Å². The second kappa shape index (κ2) is 4.49. The zero-order chi connectivity index (χ0) is 11.5. The van der Waals surface area contributed by atoms with Gasteiger partial charge in [-0.05, 0) is 46.3 Å². The lowest BCUT2D eigenvalue weighted by Crippen LogP contribution is -1.97. The molecule has 5 heteroatoms. The Labute approximate surface area is 101 Å². The lowest BCUT2D eigenvalue weighted by Gasteiger charge is -2.06. The van der Waals surface area contributed by atoms with Gasteiger partial charge in [-0.25, -0.2) is 9.37 Å². The van der Waals surface area contributed by atoms with Gasteiger partial charge in [-0.15, -0.1) is 0 Å². The van der Waals surface area contributed by atoms with E-state index < -0.39 is 5.82 Å². The Morgan fingerprint density at radius 3 is 2.56 bits per heavy atom. The molecule has 82 valence electrons. The summed E-state index contributed by atoms with van der Waals surface area (Å²) in [5.74, 6) is -0.223. The van der Waals surface area contributed by atoms with E-state index in [9.17, 15) is 4.39 Å². The molecule has 16 heavy (non-hydrogen) atoms. The smallest absolute Gasteiger partial charge is 0.166 e. The summed E-state index contributed by atoms with van der Waals surface area (Å²) in [6.45, 7) is 0. The Kier molecular flexibility index (Phi) is 3.05. The maximum Gasteiger partial charge on any atom is 0.166 e. The second-order valence-electron chi connectivity index (χ2n) is 3.23. The highest BCUT2D eigenvalue weighted by atomic mass is 79.9. The van der Waals surface area contributed by atoms with E-state index in [4.69, 9.17) is 5.73 Å². The Hall–Kier alpha value is -1.62. The van der Waals surface area contributed by atoms with Crippen LogP contribution < -0.4 is 11.1 Å². The van der Waals surface area contributed by atoms with Gasteiger partial charge in [0.25, 0.3) is 0 Å². The molecule has 1 heterocycles. The molecule has 1 aromatic carbocycles. The normalized spacial score (nSPS) is 10.1. The number of nitrogen functional groups attached to an aromatic ring is 1.